The number of nitrogens with zero attached hydrogens (tertiary/aromatic N) is 3. The number of nitro groups is 1. The summed E-state index contributed by atoms with van der Waals surface area (Å²) in [7, 11) is -2.44. The molecule has 9 heteroatoms. The molecule has 0 spiro atoms. The van der Waals surface area contributed by atoms with E-state index in [0.717, 1.165) is 16.3 Å². The predicted octanol–water partition coefficient (Wildman–Crippen LogP) is 3.89. The molecule has 1 heterocycles. The molecule has 7 nitrogen and oxygen atoms in total. The van der Waals surface area contributed by atoms with E-state index in [1.807, 2.05) is 24.3 Å². The summed E-state index contributed by atoms with van der Waals surface area (Å²) >= 11 is 1.43. The topological polar surface area (TPSA) is 93.4 Å². The first-order valence-electron chi connectivity index (χ1n) is 7.80. The molecule has 26 heavy (non-hydrogen) atoms. The molecule has 2 aromatic carbocycles. The molecule has 136 valence electrons. The number of rotatable bonds is 5. The minimum Gasteiger partial charge on any atom is -0.258 e. The third-order valence-corrected chi connectivity index (χ3v) is 7.40. The fourth-order valence-corrected chi connectivity index (χ4v) is 5.02. The third kappa shape index (κ3) is 3.20. The fourth-order valence-electron chi connectivity index (χ4n) is 2.55. The molecule has 0 aliphatic rings. The largest absolute Gasteiger partial charge is 0.273 e. The highest BCUT2D eigenvalue weighted by Gasteiger charge is 2.29. The van der Waals surface area contributed by atoms with Gasteiger partial charge in [-0.15, -0.1) is 11.3 Å². The molecular weight excluding hydrogens is 374 g/mol. The average Bonchev–Trinajstić information content (AvgIpc) is 3.04. The maximum Gasteiger partial charge on any atom is 0.273 e. The molecule has 0 fully saturated rings. The van der Waals surface area contributed by atoms with Crippen molar-refractivity contribution in [2.75, 3.05) is 7.05 Å². The van der Waals surface area contributed by atoms with Crippen molar-refractivity contribution in [2.45, 2.75) is 24.8 Å². The van der Waals surface area contributed by atoms with Crippen molar-refractivity contribution in [3.05, 3.63) is 63.1 Å². The van der Waals surface area contributed by atoms with Crippen molar-refractivity contribution in [2.24, 2.45) is 0 Å². The van der Waals surface area contributed by atoms with Crippen molar-refractivity contribution < 1.29 is 13.3 Å². The second-order valence-corrected chi connectivity index (χ2v) is 8.98. The van der Waals surface area contributed by atoms with Crippen molar-refractivity contribution in [1.29, 1.82) is 0 Å². The molecule has 0 saturated heterocycles. The summed E-state index contributed by atoms with van der Waals surface area (Å²) in [5, 5.41) is 11.8. The van der Waals surface area contributed by atoms with Crippen LogP contribution in [0.25, 0.3) is 10.2 Å². The van der Waals surface area contributed by atoms with Crippen LogP contribution in [0.3, 0.4) is 0 Å². The number of thiazole rings is 1. The predicted molar refractivity (Wildman–Crippen MR) is 101 cm³/mol. The van der Waals surface area contributed by atoms with Crippen LogP contribution in [0, 0.1) is 17.0 Å². The number of fused-ring (bicyclic) bond motifs is 1. The fraction of sp³-hybridized carbons (Fsp3) is 0.235. The molecule has 0 amide bonds. The SMILES string of the molecule is Cc1ccc(S(=O)(=O)N(C)C(C)c2nc3ccccc3s2)cc1[N+](=O)[O-]. The van der Waals surface area contributed by atoms with Crippen molar-refractivity contribution >= 4 is 37.3 Å². The number of nitro benzene ring substituents is 1. The van der Waals surface area contributed by atoms with Gasteiger partial charge in [0.05, 0.1) is 26.1 Å². The van der Waals surface area contributed by atoms with E-state index in [0.29, 0.717) is 10.6 Å². The molecule has 1 unspecified atom stereocenters. The van der Waals surface area contributed by atoms with Crippen LogP contribution in [0.2, 0.25) is 0 Å². The van der Waals surface area contributed by atoms with Gasteiger partial charge in [-0.25, -0.2) is 13.4 Å². The van der Waals surface area contributed by atoms with E-state index < -0.39 is 21.0 Å². The standard InChI is InChI=1S/C17H17N3O4S2/c1-11-8-9-13(10-15(11)20(21)22)26(23,24)19(3)12(2)17-18-14-6-4-5-7-16(14)25-17/h4-10,12H,1-3H3. The minimum absolute atomic E-state index is 0.106. The Morgan fingerprint density at radius 2 is 1.92 bits per heavy atom. The van der Waals surface area contributed by atoms with E-state index in [1.165, 1.54) is 34.8 Å². The van der Waals surface area contributed by atoms with Gasteiger partial charge in [-0.2, -0.15) is 4.31 Å². The molecular formula is C17H17N3O4S2. The highest BCUT2D eigenvalue weighted by atomic mass is 32.2. The van der Waals surface area contributed by atoms with E-state index in [2.05, 4.69) is 4.98 Å². The first-order valence-corrected chi connectivity index (χ1v) is 10.1. The van der Waals surface area contributed by atoms with Gasteiger partial charge in [0.2, 0.25) is 10.0 Å². The van der Waals surface area contributed by atoms with Crippen LogP contribution in [-0.4, -0.2) is 29.7 Å². The van der Waals surface area contributed by atoms with Crippen LogP contribution in [0.15, 0.2) is 47.4 Å². The molecule has 1 aromatic heterocycles. The summed E-state index contributed by atoms with van der Waals surface area (Å²) in [6, 6.07) is 11.0. The number of hydrogen-bond donors (Lipinski definition) is 0. The first-order chi connectivity index (χ1) is 12.2. The summed E-state index contributed by atoms with van der Waals surface area (Å²) in [5.74, 6) is 0. The third-order valence-electron chi connectivity index (χ3n) is 4.27. The highest BCUT2D eigenvalue weighted by molar-refractivity contribution is 7.89. The number of hydrogen-bond acceptors (Lipinski definition) is 6. The zero-order chi connectivity index (χ0) is 19.1. The van der Waals surface area contributed by atoms with Crippen LogP contribution in [0.1, 0.15) is 23.5 Å². The Morgan fingerprint density at radius 1 is 1.23 bits per heavy atom. The van der Waals surface area contributed by atoms with E-state index in [-0.39, 0.29) is 10.6 Å². The molecule has 3 rings (SSSR count). The Labute approximate surface area is 155 Å². The summed E-state index contributed by atoms with van der Waals surface area (Å²) in [6.45, 7) is 3.32. The number of sulfonamides is 1. The maximum absolute atomic E-state index is 12.9. The molecule has 0 N–H and O–H groups in total. The van der Waals surface area contributed by atoms with Crippen LogP contribution in [0.5, 0.6) is 0 Å². The van der Waals surface area contributed by atoms with E-state index in [1.54, 1.807) is 13.8 Å². The normalized spacial score (nSPS) is 13.2. The molecule has 0 saturated carbocycles. The van der Waals surface area contributed by atoms with E-state index in [9.17, 15) is 18.5 Å². The zero-order valence-electron chi connectivity index (χ0n) is 14.4. The van der Waals surface area contributed by atoms with Gasteiger partial charge < -0.3 is 0 Å². The lowest BCUT2D eigenvalue weighted by Crippen LogP contribution is -2.29. The Morgan fingerprint density at radius 3 is 2.58 bits per heavy atom. The molecule has 3 aromatic rings. The van der Waals surface area contributed by atoms with Crippen LogP contribution >= 0.6 is 11.3 Å². The number of benzene rings is 2. The summed E-state index contributed by atoms with van der Waals surface area (Å²) in [5.41, 5.74) is 1.01. The first kappa shape index (κ1) is 18.4. The van der Waals surface area contributed by atoms with Crippen molar-refractivity contribution in [3.63, 3.8) is 0 Å². The summed E-state index contributed by atoms with van der Waals surface area (Å²) < 4.78 is 28.0. The van der Waals surface area contributed by atoms with E-state index in [4.69, 9.17) is 0 Å². The highest BCUT2D eigenvalue weighted by Crippen LogP contribution is 2.32. The number of aromatic nitrogens is 1. The smallest absolute Gasteiger partial charge is 0.258 e. The monoisotopic (exact) mass is 391 g/mol. The van der Waals surface area contributed by atoms with Crippen molar-refractivity contribution in [3.8, 4) is 0 Å². The second kappa shape index (κ2) is 6.75. The van der Waals surface area contributed by atoms with Gasteiger partial charge in [-0.05, 0) is 32.0 Å². The van der Waals surface area contributed by atoms with Gasteiger partial charge >= 0.3 is 0 Å². The number of para-hydroxylation sites is 1. The lowest BCUT2D eigenvalue weighted by Gasteiger charge is -2.22. The maximum atomic E-state index is 12.9. The molecule has 1 atom stereocenters. The minimum atomic E-state index is -3.90. The van der Waals surface area contributed by atoms with Crippen molar-refractivity contribution in [1.82, 2.24) is 9.29 Å². The van der Waals surface area contributed by atoms with Crippen LogP contribution in [0.4, 0.5) is 5.69 Å². The second-order valence-electron chi connectivity index (χ2n) is 5.92. The van der Waals surface area contributed by atoms with Gasteiger partial charge in [0, 0.05) is 18.7 Å². The molecule has 0 aliphatic heterocycles. The van der Waals surface area contributed by atoms with Gasteiger partial charge in [0.15, 0.2) is 0 Å². The Balaban J connectivity index is 1.98. The van der Waals surface area contributed by atoms with Gasteiger partial charge in [0.1, 0.15) is 5.01 Å². The van der Waals surface area contributed by atoms with Gasteiger partial charge in [-0.3, -0.25) is 10.1 Å². The van der Waals surface area contributed by atoms with E-state index >= 15 is 0 Å². The lowest BCUT2D eigenvalue weighted by atomic mass is 10.2. The summed E-state index contributed by atoms with van der Waals surface area (Å²) in [6.07, 6.45) is 0. The Bertz CT molecular complexity index is 1060. The van der Waals surface area contributed by atoms with Crippen LogP contribution in [-0.2, 0) is 10.0 Å². The van der Waals surface area contributed by atoms with Crippen LogP contribution < -0.4 is 0 Å². The lowest BCUT2D eigenvalue weighted by molar-refractivity contribution is -0.385. The molecule has 0 radical (unpaired) electrons. The quantitative estimate of drug-likeness (QED) is 0.486. The number of aryl methyl sites for hydroxylation is 1. The van der Waals surface area contributed by atoms with Gasteiger partial charge in [0.25, 0.3) is 5.69 Å². The average molecular weight is 391 g/mol. The van der Waals surface area contributed by atoms with Gasteiger partial charge in [-0.1, -0.05) is 18.2 Å². The summed E-state index contributed by atoms with van der Waals surface area (Å²) in [4.78, 5) is 14.9. The molecule has 0 bridgehead atoms. The Kier molecular flexibility index (Phi) is 4.78. The Hall–Kier alpha value is -2.36. The molecule has 0 aliphatic carbocycles. The zero-order valence-corrected chi connectivity index (χ0v) is 16.0.